The fraction of sp³-hybridized carbons (Fsp3) is 0.300. The number of halogens is 4. The first kappa shape index (κ1) is 19.0. The highest BCUT2D eigenvalue weighted by Crippen LogP contribution is 2.44. The third kappa shape index (κ3) is 2.87. The first-order chi connectivity index (χ1) is 14.4. The lowest BCUT2D eigenvalue weighted by Crippen LogP contribution is -2.44. The zero-order chi connectivity index (χ0) is 21.0. The van der Waals surface area contributed by atoms with Crippen molar-refractivity contribution >= 4 is 17.5 Å². The van der Waals surface area contributed by atoms with Gasteiger partial charge in [0.25, 0.3) is 5.91 Å². The number of alkyl halides is 3. The second-order valence-electron chi connectivity index (χ2n) is 7.33. The third-order valence-corrected chi connectivity index (χ3v) is 6.04. The molecule has 30 heavy (non-hydrogen) atoms. The van der Waals surface area contributed by atoms with E-state index in [1.165, 1.54) is 12.1 Å². The SMILES string of the molecule is O=C(c1cccc(C(F)(F)F)c1Cl)N1[C@@H]2CC[C@@H]1c1nnc(-c3ccccn3)n1C2. The molecule has 0 N–H and O–H groups in total. The highest BCUT2D eigenvalue weighted by molar-refractivity contribution is 6.34. The minimum absolute atomic E-state index is 0.152. The normalized spacial score (nSPS) is 20.3. The minimum atomic E-state index is -4.63. The van der Waals surface area contributed by atoms with Crippen molar-refractivity contribution in [3.8, 4) is 11.5 Å². The molecule has 154 valence electrons. The number of nitrogens with zero attached hydrogens (tertiary/aromatic N) is 5. The molecule has 0 radical (unpaired) electrons. The first-order valence-corrected chi connectivity index (χ1v) is 9.77. The standard InChI is InChI=1S/C20H15ClF3N5O/c21-16-12(4-3-5-13(16)20(22,23)24)19(30)29-11-7-8-15(29)18-27-26-17(28(18)10-11)14-6-1-2-9-25-14/h1-6,9,11,15H,7-8,10H2/t11-,15-/m1/s1. The van der Waals surface area contributed by atoms with Crippen molar-refractivity contribution in [2.45, 2.75) is 37.6 Å². The van der Waals surface area contributed by atoms with Crippen molar-refractivity contribution in [3.05, 3.63) is 64.6 Å². The molecule has 0 unspecified atom stereocenters. The summed E-state index contributed by atoms with van der Waals surface area (Å²) in [6, 6.07) is 8.35. The predicted octanol–water partition coefficient (Wildman–Crippen LogP) is 4.37. The van der Waals surface area contributed by atoms with E-state index in [4.69, 9.17) is 11.6 Å². The number of benzene rings is 1. The molecular weight excluding hydrogens is 419 g/mol. The maximum atomic E-state index is 13.3. The van der Waals surface area contributed by atoms with Gasteiger partial charge in [0.15, 0.2) is 11.6 Å². The molecule has 1 amide bonds. The number of hydrogen-bond acceptors (Lipinski definition) is 4. The Bertz CT molecular complexity index is 1130. The van der Waals surface area contributed by atoms with Crippen LogP contribution in [0.25, 0.3) is 11.5 Å². The Hall–Kier alpha value is -2.94. The molecule has 0 saturated carbocycles. The van der Waals surface area contributed by atoms with Crippen LogP contribution in [0.4, 0.5) is 13.2 Å². The van der Waals surface area contributed by atoms with Crippen molar-refractivity contribution in [3.63, 3.8) is 0 Å². The summed E-state index contributed by atoms with van der Waals surface area (Å²) in [5.74, 6) is 0.708. The number of fused-ring (bicyclic) bond motifs is 4. The van der Waals surface area contributed by atoms with Crippen LogP contribution in [0.1, 0.15) is 40.6 Å². The molecule has 1 aromatic carbocycles. The van der Waals surface area contributed by atoms with Gasteiger partial charge in [-0.3, -0.25) is 9.78 Å². The van der Waals surface area contributed by atoms with E-state index in [-0.39, 0.29) is 17.6 Å². The summed E-state index contributed by atoms with van der Waals surface area (Å²) in [5, 5.41) is 7.97. The smallest absolute Gasteiger partial charge is 0.324 e. The first-order valence-electron chi connectivity index (χ1n) is 9.39. The molecule has 4 heterocycles. The summed E-state index contributed by atoms with van der Waals surface area (Å²) < 4.78 is 41.6. The molecule has 2 aliphatic rings. The van der Waals surface area contributed by atoms with Gasteiger partial charge in [0.1, 0.15) is 5.69 Å². The van der Waals surface area contributed by atoms with Crippen LogP contribution in [0.2, 0.25) is 5.02 Å². The van der Waals surface area contributed by atoms with Crippen LogP contribution in [0, 0.1) is 0 Å². The van der Waals surface area contributed by atoms with E-state index in [1.54, 1.807) is 17.2 Å². The Balaban J connectivity index is 1.52. The average Bonchev–Trinajstić information content (AvgIpc) is 3.28. The van der Waals surface area contributed by atoms with Crippen molar-refractivity contribution < 1.29 is 18.0 Å². The molecule has 0 aliphatic carbocycles. The van der Waals surface area contributed by atoms with E-state index in [1.807, 2.05) is 16.7 Å². The lowest BCUT2D eigenvalue weighted by molar-refractivity contribution is -0.137. The number of amides is 1. The highest BCUT2D eigenvalue weighted by Gasteiger charge is 2.46. The molecule has 0 spiro atoms. The Labute approximate surface area is 174 Å². The zero-order valence-electron chi connectivity index (χ0n) is 15.5. The van der Waals surface area contributed by atoms with Gasteiger partial charge in [-0.25, -0.2) is 0 Å². The topological polar surface area (TPSA) is 63.9 Å². The Morgan fingerprint density at radius 1 is 1.10 bits per heavy atom. The van der Waals surface area contributed by atoms with Crippen molar-refractivity contribution in [1.29, 1.82) is 0 Å². The molecule has 2 atom stereocenters. The molecule has 2 bridgehead atoms. The molecule has 5 rings (SSSR count). The minimum Gasteiger partial charge on any atom is -0.324 e. The molecule has 3 aromatic rings. The van der Waals surface area contributed by atoms with Gasteiger partial charge in [-0.2, -0.15) is 13.2 Å². The zero-order valence-corrected chi connectivity index (χ0v) is 16.2. The quantitative estimate of drug-likeness (QED) is 0.602. The second kappa shape index (κ2) is 6.80. The lowest BCUT2D eigenvalue weighted by Gasteiger charge is -2.35. The van der Waals surface area contributed by atoms with Crippen LogP contribution >= 0.6 is 11.6 Å². The molecular formula is C20H15ClF3N5O. The van der Waals surface area contributed by atoms with Crippen LogP contribution < -0.4 is 0 Å². The van der Waals surface area contributed by atoms with Crippen molar-refractivity contribution in [1.82, 2.24) is 24.6 Å². The summed E-state index contributed by atoms with van der Waals surface area (Å²) in [6.45, 7) is 0.451. The van der Waals surface area contributed by atoms with E-state index in [0.29, 0.717) is 30.3 Å². The fourth-order valence-corrected chi connectivity index (χ4v) is 4.63. The van der Waals surface area contributed by atoms with Crippen LogP contribution in [0.15, 0.2) is 42.6 Å². The molecule has 2 aliphatic heterocycles. The summed E-state index contributed by atoms with van der Waals surface area (Å²) in [4.78, 5) is 19.2. The van der Waals surface area contributed by atoms with Crippen LogP contribution in [-0.4, -0.2) is 36.6 Å². The van der Waals surface area contributed by atoms with Crippen molar-refractivity contribution in [2.24, 2.45) is 0 Å². The molecule has 10 heteroatoms. The van der Waals surface area contributed by atoms with Crippen LogP contribution in [-0.2, 0) is 12.7 Å². The second-order valence-corrected chi connectivity index (χ2v) is 7.71. The summed E-state index contributed by atoms with van der Waals surface area (Å²) in [5.41, 5.74) is -0.488. The number of pyridine rings is 1. The maximum Gasteiger partial charge on any atom is 0.417 e. The number of carbonyl (C=O) groups is 1. The van der Waals surface area contributed by atoms with Crippen LogP contribution in [0.5, 0.6) is 0 Å². The van der Waals surface area contributed by atoms with Crippen LogP contribution in [0.3, 0.4) is 0 Å². The van der Waals surface area contributed by atoms with Gasteiger partial charge in [0, 0.05) is 12.7 Å². The highest BCUT2D eigenvalue weighted by atomic mass is 35.5. The third-order valence-electron chi connectivity index (χ3n) is 5.64. The Morgan fingerprint density at radius 3 is 2.67 bits per heavy atom. The Kier molecular flexibility index (Phi) is 4.32. The van der Waals surface area contributed by atoms with Gasteiger partial charge in [0.05, 0.1) is 28.2 Å². The number of rotatable bonds is 2. The van der Waals surface area contributed by atoms with E-state index >= 15 is 0 Å². The van der Waals surface area contributed by atoms with Gasteiger partial charge < -0.3 is 9.47 Å². The van der Waals surface area contributed by atoms with Gasteiger partial charge in [-0.05, 0) is 37.1 Å². The molecule has 2 aromatic heterocycles. The van der Waals surface area contributed by atoms with Gasteiger partial charge in [0.2, 0.25) is 0 Å². The lowest BCUT2D eigenvalue weighted by atomic mass is 10.1. The Morgan fingerprint density at radius 2 is 1.93 bits per heavy atom. The number of carbonyl (C=O) groups excluding carboxylic acids is 1. The summed E-state index contributed by atoms with van der Waals surface area (Å²) in [6.07, 6.45) is -1.59. The maximum absolute atomic E-state index is 13.3. The van der Waals surface area contributed by atoms with Gasteiger partial charge in [-0.1, -0.05) is 23.7 Å². The monoisotopic (exact) mass is 433 g/mol. The molecule has 1 saturated heterocycles. The number of hydrogen-bond donors (Lipinski definition) is 0. The summed E-state index contributed by atoms with van der Waals surface area (Å²) in [7, 11) is 0. The van der Waals surface area contributed by atoms with E-state index in [2.05, 4.69) is 15.2 Å². The van der Waals surface area contributed by atoms with Gasteiger partial charge >= 0.3 is 6.18 Å². The predicted molar refractivity (Wildman–Crippen MR) is 102 cm³/mol. The largest absolute Gasteiger partial charge is 0.417 e. The van der Waals surface area contributed by atoms with Crippen molar-refractivity contribution in [2.75, 3.05) is 0 Å². The van der Waals surface area contributed by atoms with Gasteiger partial charge in [-0.15, -0.1) is 10.2 Å². The van der Waals surface area contributed by atoms with E-state index in [9.17, 15) is 18.0 Å². The number of aromatic nitrogens is 4. The molecule has 1 fully saturated rings. The fourth-order valence-electron chi connectivity index (χ4n) is 4.32. The van der Waals surface area contributed by atoms with E-state index in [0.717, 1.165) is 12.5 Å². The average molecular weight is 434 g/mol. The summed E-state index contributed by atoms with van der Waals surface area (Å²) >= 11 is 6.00. The molecule has 6 nitrogen and oxygen atoms in total. The van der Waals surface area contributed by atoms with E-state index < -0.39 is 22.7 Å².